The van der Waals surface area contributed by atoms with Crippen molar-refractivity contribution in [2.24, 2.45) is 5.92 Å². The van der Waals surface area contributed by atoms with E-state index in [0.29, 0.717) is 17.2 Å². The van der Waals surface area contributed by atoms with Crippen molar-refractivity contribution in [2.75, 3.05) is 12.1 Å². The number of carbonyl (C=O) groups excluding carboxylic acids is 1. The molecule has 6 nitrogen and oxygen atoms in total. The van der Waals surface area contributed by atoms with Crippen molar-refractivity contribution >= 4 is 17.6 Å². The van der Waals surface area contributed by atoms with Gasteiger partial charge in [-0.2, -0.15) is 0 Å². The highest BCUT2D eigenvalue weighted by Crippen LogP contribution is 2.34. The monoisotopic (exact) mass is 251 g/mol. The average molecular weight is 251 g/mol. The minimum Gasteiger partial charge on any atom is -0.481 e. The summed E-state index contributed by atoms with van der Waals surface area (Å²) in [7, 11) is 0. The van der Waals surface area contributed by atoms with E-state index < -0.39 is 17.8 Å². The molecular weight excluding hydrogens is 238 g/mol. The molecule has 0 saturated carbocycles. The Hall–Kier alpha value is -2.24. The van der Waals surface area contributed by atoms with Crippen molar-refractivity contribution in [3.8, 4) is 11.5 Å². The van der Waals surface area contributed by atoms with Crippen LogP contribution in [0.4, 0.5) is 5.69 Å². The number of ether oxygens (including phenoxy) is 2. The van der Waals surface area contributed by atoms with Crippen LogP contribution in [0.25, 0.3) is 0 Å². The van der Waals surface area contributed by atoms with Crippen molar-refractivity contribution in [2.45, 2.75) is 13.3 Å². The summed E-state index contributed by atoms with van der Waals surface area (Å²) in [5.41, 5.74) is 0.490. The second kappa shape index (κ2) is 4.95. The number of benzene rings is 1. The summed E-state index contributed by atoms with van der Waals surface area (Å²) in [4.78, 5) is 22.6. The summed E-state index contributed by atoms with van der Waals surface area (Å²) < 4.78 is 10.3. The van der Waals surface area contributed by atoms with Gasteiger partial charge in [0.1, 0.15) is 5.92 Å². The second-order valence-electron chi connectivity index (χ2n) is 3.86. The van der Waals surface area contributed by atoms with Crippen molar-refractivity contribution in [1.29, 1.82) is 0 Å². The summed E-state index contributed by atoms with van der Waals surface area (Å²) in [6.07, 6.45) is 0.242. The predicted octanol–water partition coefficient (Wildman–Crippen LogP) is 1.46. The number of amides is 1. The Morgan fingerprint density at radius 3 is 2.78 bits per heavy atom. The highest BCUT2D eigenvalue weighted by Gasteiger charge is 2.24. The number of carboxylic acids is 1. The summed E-state index contributed by atoms with van der Waals surface area (Å²) in [6.45, 7) is 1.80. The maximum Gasteiger partial charge on any atom is 0.316 e. The Morgan fingerprint density at radius 2 is 2.11 bits per heavy atom. The zero-order chi connectivity index (χ0) is 13.1. The molecule has 0 fully saturated rings. The van der Waals surface area contributed by atoms with Gasteiger partial charge in [0.25, 0.3) is 0 Å². The first-order chi connectivity index (χ1) is 8.61. The molecule has 1 aliphatic rings. The van der Waals surface area contributed by atoms with E-state index in [-0.39, 0.29) is 13.2 Å². The molecule has 0 saturated heterocycles. The molecule has 1 aromatic rings. The van der Waals surface area contributed by atoms with Crippen molar-refractivity contribution in [3.63, 3.8) is 0 Å². The van der Waals surface area contributed by atoms with E-state index in [0.717, 1.165) is 0 Å². The molecule has 0 bridgehead atoms. The molecule has 1 atom stereocenters. The van der Waals surface area contributed by atoms with Crippen molar-refractivity contribution < 1.29 is 24.2 Å². The number of carbonyl (C=O) groups is 2. The van der Waals surface area contributed by atoms with Crippen LogP contribution in [0.3, 0.4) is 0 Å². The Kier molecular flexibility index (Phi) is 3.36. The third-order valence-electron chi connectivity index (χ3n) is 2.66. The van der Waals surface area contributed by atoms with E-state index in [9.17, 15) is 9.59 Å². The normalized spacial score (nSPS) is 14.1. The Bertz CT molecular complexity index is 485. The van der Waals surface area contributed by atoms with E-state index in [4.69, 9.17) is 14.6 Å². The maximum absolute atomic E-state index is 11.7. The number of rotatable bonds is 4. The number of carboxylic acid groups (broad SMARTS) is 1. The molecule has 1 aliphatic heterocycles. The molecule has 0 radical (unpaired) electrons. The van der Waals surface area contributed by atoms with Crippen LogP contribution in [0.2, 0.25) is 0 Å². The number of aliphatic carboxylic acids is 1. The summed E-state index contributed by atoms with van der Waals surface area (Å²) in [6, 6.07) is 4.91. The minimum atomic E-state index is -1.13. The molecule has 6 heteroatoms. The van der Waals surface area contributed by atoms with Gasteiger partial charge in [0.2, 0.25) is 12.7 Å². The molecule has 0 spiro atoms. The standard InChI is InChI=1S/C12H13NO5/c1-2-8(12(15)16)11(14)13-7-3-4-9-10(5-7)18-6-17-9/h3-5,8H,2,6H2,1H3,(H,13,14)(H,15,16). The van der Waals surface area contributed by atoms with Gasteiger partial charge in [0.15, 0.2) is 11.5 Å². The smallest absolute Gasteiger partial charge is 0.316 e. The van der Waals surface area contributed by atoms with Gasteiger partial charge in [-0.15, -0.1) is 0 Å². The third kappa shape index (κ3) is 2.37. The molecular formula is C12H13NO5. The number of nitrogens with one attached hydrogen (secondary N) is 1. The molecule has 1 amide bonds. The van der Waals surface area contributed by atoms with Gasteiger partial charge in [-0.1, -0.05) is 6.92 Å². The molecule has 1 unspecified atom stereocenters. The fourth-order valence-electron chi connectivity index (χ4n) is 1.68. The second-order valence-corrected chi connectivity index (χ2v) is 3.86. The highest BCUT2D eigenvalue weighted by molar-refractivity contribution is 6.04. The van der Waals surface area contributed by atoms with Crippen LogP contribution in [0.1, 0.15) is 13.3 Å². The minimum absolute atomic E-state index is 0.152. The lowest BCUT2D eigenvalue weighted by Crippen LogP contribution is -2.28. The molecule has 0 aromatic heterocycles. The lowest BCUT2D eigenvalue weighted by molar-refractivity contribution is -0.145. The van der Waals surface area contributed by atoms with Gasteiger partial charge >= 0.3 is 5.97 Å². The SMILES string of the molecule is CCC(C(=O)O)C(=O)Nc1ccc2c(c1)OCO2. The number of hydrogen-bond acceptors (Lipinski definition) is 4. The third-order valence-corrected chi connectivity index (χ3v) is 2.66. The maximum atomic E-state index is 11.7. The van der Waals surface area contributed by atoms with Crippen LogP contribution in [0, 0.1) is 5.92 Å². The molecule has 0 aliphatic carbocycles. The van der Waals surface area contributed by atoms with E-state index in [1.54, 1.807) is 25.1 Å². The predicted molar refractivity (Wildman–Crippen MR) is 62.6 cm³/mol. The topological polar surface area (TPSA) is 84.9 Å². The number of fused-ring (bicyclic) bond motifs is 1. The van der Waals surface area contributed by atoms with Crippen LogP contribution in [0.15, 0.2) is 18.2 Å². The highest BCUT2D eigenvalue weighted by atomic mass is 16.7. The summed E-state index contributed by atoms with van der Waals surface area (Å²) in [5, 5.41) is 11.4. The van der Waals surface area contributed by atoms with Crippen LogP contribution in [-0.4, -0.2) is 23.8 Å². The lowest BCUT2D eigenvalue weighted by atomic mass is 10.1. The van der Waals surface area contributed by atoms with Gasteiger partial charge in [-0.25, -0.2) is 0 Å². The van der Waals surface area contributed by atoms with Crippen LogP contribution in [0.5, 0.6) is 11.5 Å². The molecule has 1 aromatic carbocycles. The quantitative estimate of drug-likeness (QED) is 0.791. The lowest BCUT2D eigenvalue weighted by Gasteiger charge is -2.10. The molecule has 18 heavy (non-hydrogen) atoms. The van der Waals surface area contributed by atoms with Gasteiger partial charge in [0, 0.05) is 11.8 Å². The zero-order valence-corrected chi connectivity index (χ0v) is 9.80. The van der Waals surface area contributed by atoms with Crippen LogP contribution in [-0.2, 0) is 9.59 Å². The molecule has 1 heterocycles. The van der Waals surface area contributed by atoms with Crippen molar-refractivity contribution in [1.82, 2.24) is 0 Å². The first kappa shape index (κ1) is 12.2. The Morgan fingerprint density at radius 1 is 1.39 bits per heavy atom. The molecule has 2 rings (SSSR count). The zero-order valence-electron chi connectivity index (χ0n) is 9.80. The first-order valence-corrected chi connectivity index (χ1v) is 5.55. The fourth-order valence-corrected chi connectivity index (χ4v) is 1.68. The van der Waals surface area contributed by atoms with Crippen LogP contribution < -0.4 is 14.8 Å². The fraction of sp³-hybridized carbons (Fsp3) is 0.333. The first-order valence-electron chi connectivity index (χ1n) is 5.55. The van der Waals surface area contributed by atoms with Gasteiger partial charge in [0.05, 0.1) is 0 Å². The van der Waals surface area contributed by atoms with Gasteiger partial charge < -0.3 is 19.9 Å². The van der Waals surface area contributed by atoms with E-state index in [2.05, 4.69) is 5.32 Å². The largest absolute Gasteiger partial charge is 0.481 e. The summed E-state index contributed by atoms with van der Waals surface area (Å²) >= 11 is 0. The van der Waals surface area contributed by atoms with Gasteiger partial charge in [-0.3, -0.25) is 9.59 Å². The van der Waals surface area contributed by atoms with E-state index >= 15 is 0 Å². The van der Waals surface area contributed by atoms with E-state index in [1.807, 2.05) is 0 Å². The number of anilines is 1. The van der Waals surface area contributed by atoms with E-state index in [1.165, 1.54) is 0 Å². The molecule has 96 valence electrons. The number of hydrogen-bond donors (Lipinski definition) is 2. The van der Waals surface area contributed by atoms with Gasteiger partial charge in [-0.05, 0) is 18.6 Å². The summed E-state index contributed by atoms with van der Waals surface area (Å²) in [5.74, 6) is -1.57. The van der Waals surface area contributed by atoms with Crippen LogP contribution >= 0.6 is 0 Å². The Balaban J connectivity index is 2.09. The Labute approximate surface area is 104 Å². The average Bonchev–Trinajstić information content (AvgIpc) is 2.76. The molecule has 2 N–H and O–H groups in total. The van der Waals surface area contributed by atoms with Crippen molar-refractivity contribution in [3.05, 3.63) is 18.2 Å².